The Bertz CT molecular complexity index is 249. The second-order valence-electron chi connectivity index (χ2n) is 3.69. The highest BCUT2D eigenvalue weighted by molar-refractivity contribution is 7.16. The fourth-order valence-electron chi connectivity index (χ4n) is 0.931. The van der Waals surface area contributed by atoms with Crippen LogP contribution in [-0.2, 0) is 6.42 Å². The van der Waals surface area contributed by atoms with Crippen LogP contribution in [0.15, 0.2) is 12.1 Å². The Hall–Kier alpha value is -0.0500. The van der Waals surface area contributed by atoms with Crippen molar-refractivity contribution < 1.29 is 0 Å². The minimum absolute atomic E-state index is 0.0730. The van der Waals surface area contributed by atoms with Gasteiger partial charge < -0.3 is 5.73 Å². The van der Waals surface area contributed by atoms with Crippen LogP contribution >= 0.6 is 22.9 Å². The van der Waals surface area contributed by atoms with Crippen LogP contribution in [-0.4, -0.2) is 5.54 Å². The predicted molar refractivity (Wildman–Crippen MR) is 55.9 cm³/mol. The third kappa shape index (κ3) is 3.57. The molecule has 0 aliphatic carbocycles. The summed E-state index contributed by atoms with van der Waals surface area (Å²) in [5, 5.41) is 0. The van der Waals surface area contributed by atoms with Gasteiger partial charge >= 0.3 is 0 Å². The first-order chi connectivity index (χ1) is 5.47. The maximum atomic E-state index is 5.86. The number of nitrogens with two attached hydrogens (primary N) is 1. The summed E-state index contributed by atoms with van der Waals surface area (Å²) in [6, 6.07) is 4.00. The summed E-state index contributed by atoms with van der Waals surface area (Å²) < 4.78 is 0.861. The van der Waals surface area contributed by atoms with E-state index in [4.69, 9.17) is 17.3 Å². The standard InChI is InChI=1S/C9H14ClNS/c1-9(2,11)6-5-7-3-4-8(10)12-7/h3-4H,5-6,11H2,1-2H3. The topological polar surface area (TPSA) is 26.0 Å². The van der Waals surface area contributed by atoms with E-state index < -0.39 is 0 Å². The summed E-state index contributed by atoms with van der Waals surface area (Å²) in [4.78, 5) is 1.32. The molecule has 0 spiro atoms. The van der Waals surface area contributed by atoms with Crippen molar-refractivity contribution in [3.05, 3.63) is 21.3 Å². The Morgan fingerprint density at radius 1 is 1.50 bits per heavy atom. The summed E-state index contributed by atoms with van der Waals surface area (Å²) in [6.45, 7) is 4.09. The molecule has 1 heterocycles. The molecule has 0 aromatic carbocycles. The Morgan fingerprint density at radius 3 is 2.58 bits per heavy atom. The number of halogens is 1. The van der Waals surface area contributed by atoms with E-state index in [9.17, 15) is 0 Å². The fraction of sp³-hybridized carbons (Fsp3) is 0.556. The van der Waals surface area contributed by atoms with E-state index in [1.165, 1.54) is 4.88 Å². The van der Waals surface area contributed by atoms with Gasteiger partial charge in [0.05, 0.1) is 4.34 Å². The van der Waals surface area contributed by atoms with Gasteiger partial charge in [0, 0.05) is 10.4 Å². The van der Waals surface area contributed by atoms with Crippen LogP contribution in [0.4, 0.5) is 0 Å². The Balaban J connectivity index is 2.44. The zero-order valence-corrected chi connectivity index (χ0v) is 9.00. The fourth-order valence-corrected chi connectivity index (χ4v) is 2.02. The van der Waals surface area contributed by atoms with Crippen molar-refractivity contribution in [1.82, 2.24) is 0 Å². The van der Waals surface area contributed by atoms with Crippen LogP contribution < -0.4 is 5.73 Å². The van der Waals surface area contributed by atoms with Gasteiger partial charge in [0.2, 0.25) is 0 Å². The van der Waals surface area contributed by atoms with Gasteiger partial charge in [-0.15, -0.1) is 11.3 Å². The lowest BCUT2D eigenvalue weighted by Gasteiger charge is -2.17. The number of aryl methyl sites for hydroxylation is 1. The average Bonchev–Trinajstić information content (AvgIpc) is 2.30. The molecule has 0 aliphatic heterocycles. The van der Waals surface area contributed by atoms with Gasteiger partial charge in [-0.1, -0.05) is 11.6 Å². The van der Waals surface area contributed by atoms with Crippen molar-refractivity contribution in [1.29, 1.82) is 0 Å². The zero-order valence-electron chi connectivity index (χ0n) is 7.43. The quantitative estimate of drug-likeness (QED) is 0.803. The second kappa shape index (κ2) is 3.77. The minimum atomic E-state index is -0.0730. The predicted octanol–water partition coefficient (Wildman–Crippen LogP) is 3.07. The molecule has 0 fully saturated rings. The van der Waals surface area contributed by atoms with E-state index in [-0.39, 0.29) is 5.54 Å². The molecule has 1 aromatic rings. The second-order valence-corrected chi connectivity index (χ2v) is 5.49. The van der Waals surface area contributed by atoms with Crippen molar-refractivity contribution >= 4 is 22.9 Å². The van der Waals surface area contributed by atoms with E-state index in [0.717, 1.165) is 17.2 Å². The summed E-state index contributed by atoms with van der Waals surface area (Å²) in [6.07, 6.45) is 2.03. The molecule has 0 bridgehead atoms. The van der Waals surface area contributed by atoms with Gasteiger partial charge in [0.25, 0.3) is 0 Å². The SMILES string of the molecule is CC(C)(N)CCc1ccc(Cl)s1. The van der Waals surface area contributed by atoms with Crippen LogP contribution in [0.2, 0.25) is 4.34 Å². The molecule has 1 nitrogen and oxygen atoms in total. The molecule has 68 valence electrons. The first-order valence-electron chi connectivity index (χ1n) is 4.00. The van der Waals surface area contributed by atoms with Gasteiger partial charge in [-0.25, -0.2) is 0 Å². The molecule has 0 unspecified atom stereocenters. The average molecular weight is 204 g/mol. The van der Waals surface area contributed by atoms with E-state index in [0.29, 0.717) is 0 Å². The lowest BCUT2D eigenvalue weighted by atomic mass is 10.00. The Kier molecular flexibility index (Phi) is 3.16. The molecule has 1 rings (SSSR count). The van der Waals surface area contributed by atoms with Gasteiger partial charge in [-0.2, -0.15) is 0 Å². The number of rotatable bonds is 3. The first-order valence-corrected chi connectivity index (χ1v) is 5.20. The van der Waals surface area contributed by atoms with Crippen molar-refractivity contribution in [2.24, 2.45) is 5.73 Å². The molecule has 0 amide bonds. The highest BCUT2D eigenvalue weighted by Crippen LogP contribution is 2.23. The summed E-state index contributed by atoms with van der Waals surface area (Å²) in [5.74, 6) is 0. The summed E-state index contributed by atoms with van der Waals surface area (Å²) >= 11 is 7.44. The molecule has 2 N–H and O–H groups in total. The zero-order chi connectivity index (χ0) is 9.19. The molecule has 3 heteroatoms. The van der Waals surface area contributed by atoms with E-state index in [1.807, 2.05) is 19.9 Å². The molecule has 1 aromatic heterocycles. The van der Waals surface area contributed by atoms with Crippen LogP contribution in [0.3, 0.4) is 0 Å². The van der Waals surface area contributed by atoms with E-state index >= 15 is 0 Å². The molecular formula is C9H14ClNS. The van der Waals surface area contributed by atoms with Crippen LogP contribution in [0.5, 0.6) is 0 Å². The normalized spacial score (nSPS) is 12.0. The van der Waals surface area contributed by atoms with E-state index in [1.54, 1.807) is 11.3 Å². The van der Waals surface area contributed by atoms with E-state index in [2.05, 4.69) is 6.07 Å². The third-order valence-electron chi connectivity index (χ3n) is 1.64. The van der Waals surface area contributed by atoms with Crippen molar-refractivity contribution in [3.63, 3.8) is 0 Å². The molecule has 0 radical (unpaired) electrons. The van der Waals surface area contributed by atoms with Crippen molar-refractivity contribution in [2.75, 3.05) is 0 Å². The molecule has 0 atom stereocenters. The molecular weight excluding hydrogens is 190 g/mol. The number of hydrogen-bond acceptors (Lipinski definition) is 2. The van der Waals surface area contributed by atoms with Crippen molar-refractivity contribution in [3.8, 4) is 0 Å². The summed E-state index contributed by atoms with van der Waals surface area (Å²) in [5.41, 5.74) is 5.79. The Labute approximate surface area is 82.5 Å². The molecule has 0 saturated carbocycles. The molecule has 0 saturated heterocycles. The van der Waals surface area contributed by atoms with Gasteiger partial charge in [0.15, 0.2) is 0 Å². The minimum Gasteiger partial charge on any atom is -0.326 e. The third-order valence-corrected chi connectivity index (χ3v) is 2.94. The van der Waals surface area contributed by atoms with Gasteiger partial charge in [-0.05, 0) is 38.8 Å². The van der Waals surface area contributed by atoms with Gasteiger partial charge in [-0.3, -0.25) is 0 Å². The van der Waals surface area contributed by atoms with Crippen LogP contribution in [0.25, 0.3) is 0 Å². The molecule has 12 heavy (non-hydrogen) atoms. The highest BCUT2D eigenvalue weighted by Gasteiger charge is 2.10. The maximum absolute atomic E-state index is 5.86. The van der Waals surface area contributed by atoms with Crippen LogP contribution in [0, 0.1) is 0 Å². The van der Waals surface area contributed by atoms with Crippen molar-refractivity contribution in [2.45, 2.75) is 32.2 Å². The van der Waals surface area contributed by atoms with Crippen LogP contribution in [0.1, 0.15) is 25.1 Å². The summed E-state index contributed by atoms with van der Waals surface area (Å²) in [7, 11) is 0. The first kappa shape index (κ1) is 10.0. The smallest absolute Gasteiger partial charge is 0.0931 e. The lowest BCUT2D eigenvalue weighted by Crippen LogP contribution is -2.32. The highest BCUT2D eigenvalue weighted by atomic mass is 35.5. The number of thiophene rings is 1. The number of hydrogen-bond donors (Lipinski definition) is 1. The maximum Gasteiger partial charge on any atom is 0.0931 e. The molecule has 0 aliphatic rings. The Morgan fingerprint density at radius 2 is 2.17 bits per heavy atom. The van der Waals surface area contributed by atoms with Gasteiger partial charge in [0.1, 0.15) is 0 Å². The monoisotopic (exact) mass is 203 g/mol. The largest absolute Gasteiger partial charge is 0.326 e. The lowest BCUT2D eigenvalue weighted by molar-refractivity contribution is 0.478.